The molecule has 0 saturated heterocycles. The molecule has 1 aliphatic carbocycles. The van der Waals surface area contributed by atoms with Crippen LogP contribution >= 0.6 is 0 Å². The maximum Gasteiger partial charge on any atom is 0.307 e. The Morgan fingerprint density at radius 1 is 1.38 bits per heavy atom. The number of nitrogens with one attached hydrogen (secondary N) is 1. The van der Waals surface area contributed by atoms with E-state index in [1.54, 1.807) is 0 Å². The highest BCUT2D eigenvalue weighted by Gasteiger charge is 2.15. The molecule has 0 spiro atoms. The van der Waals surface area contributed by atoms with Gasteiger partial charge in [0.2, 0.25) is 0 Å². The molecule has 1 aliphatic rings. The minimum atomic E-state index is -0.0915. The molecule has 0 heterocycles. The third-order valence-corrected chi connectivity index (χ3v) is 3.26. The van der Waals surface area contributed by atoms with Crippen LogP contribution in [0.4, 0.5) is 0 Å². The average molecular weight is 227 g/mol. The van der Waals surface area contributed by atoms with Crippen molar-refractivity contribution in [3.05, 3.63) is 0 Å². The number of hydrogen-bond donors (Lipinski definition) is 1. The largest absolute Gasteiger partial charge is 0.466 e. The van der Waals surface area contributed by atoms with Crippen LogP contribution in [0.1, 0.15) is 52.4 Å². The summed E-state index contributed by atoms with van der Waals surface area (Å²) in [7, 11) is 0. The second kappa shape index (κ2) is 7.66. The molecule has 1 atom stereocenters. The first kappa shape index (κ1) is 13.5. The molecule has 3 nitrogen and oxygen atoms in total. The Hall–Kier alpha value is -0.570. The van der Waals surface area contributed by atoms with Crippen LogP contribution in [0.5, 0.6) is 0 Å². The molecule has 16 heavy (non-hydrogen) atoms. The van der Waals surface area contributed by atoms with Crippen molar-refractivity contribution in [1.82, 2.24) is 5.32 Å². The molecular formula is C13H25NO2. The van der Waals surface area contributed by atoms with E-state index in [9.17, 15) is 4.79 Å². The van der Waals surface area contributed by atoms with Gasteiger partial charge < -0.3 is 10.1 Å². The average Bonchev–Trinajstić information content (AvgIpc) is 2.28. The lowest BCUT2D eigenvalue weighted by Gasteiger charge is -2.23. The molecule has 1 fully saturated rings. The highest BCUT2D eigenvalue weighted by molar-refractivity contribution is 5.69. The van der Waals surface area contributed by atoms with Crippen LogP contribution in [0.25, 0.3) is 0 Å². The topological polar surface area (TPSA) is 38.3 Å². The Labute approximate surface area is 98.9 Å². The minimum Gasteiger partial charge on any atom is -0.466 e. The standard InChI is InChI=1S/C13H25NO2/c1-3-16-13(15)9-11(2)14-10-12-7-5-4-6-8-12/h11-12,14H,3-10H2,1-2H3. The third-order valence-electron chi connectivity index (χ3n) is 3.26. The number of esters is 1. The predicted octanol–water partition coefficient (Wildman–Crippen LogP) is 2.50. The Kier molecular flexibility index (Phi) is 6.46. The van der Waals surface area contributed by atoms with Crippen molar-refractivity contribution in [2.24, 2.45) is 5.92 Å². The summed E-state index contributed by atoms with van der Waals surface area (Å²) < 4.78 is 4.93. The Morgan fingerprint density at radius 2 is 2.06 bits per heavy atom. The number of hydrogen-bond acceptors (Lipinski definition) is 3. The van der Waals surface area contributed by atoms with E-state index >= 15 is 0 Å². The van der Waals surface area contributed by atoms with Gasteiger partial charge in [-0.3, -0.25) is 4.79 Å². The van der Waals surface area contributed by atoms with Crippen molar-refractivity contribution >= 4 is 5.97 Å². The maximum absolute atomic E-state index is 11.2. The van der Waals surface area contributed by atoms with Gasteiger partial charge in [0.05, 0.1) is 13.0 Å². The zero-order chi connectivity index (χ0) is 11.8. The molecule has 94 valence electrons. The van der Waals surface area contributed by atoms with Gasteiger partial charge >= 0.3 is 5.97 Å². The van der Waals surface area contributed by atoms with Gasteiger partial charge in [0.25, 0.3) is 0 Å². The van der Waals surface area contributed by atoms with Crippen molar-refractivity contribution in [3.8, 4) is 0 Å². The zero-order valence-electron chi connectivity index (χ0n) is 10.6. The number of carbonyl (C=O) groups is 1. The fraction of sp³-hybridized carbons (Fsp3) is 0.923. The number of rotatable bonds is 6. The number of carbonyl (C=O) groups excluding carboxylic acids is 1. The number of ether oxygens (including phenoxy) is 1. The summed E-state index contributed by atoms with van der Waals surface area (Å²) in [6.45, 7) is 5.44. The second-order valence-corrected chi connectivity index (χ2v) is 4.82. The van der Waals surface area contributed by atoms with E-state index in [-0.39, 0.29) is 12.0 Å². The Bertz CT molecular complexity index is 200. The minimum absolute atomic E-state index is 0.0915. The van der Waals surface area contributed by atoms with Crippen LogP contribution in [-0.2, 0) is 9.53 Å². The first-order valence-electron chi connectivity index (χ1n) is 6.61. The Morgan fingerprint density at radius 3 is 2.69 bits per heavy atom. The van der Waals surface area contributed by atoms with Gasteiger partial charge in [-0.25, -0.2) is 0 Å². The maximum atomic E-state index is 11.2. The third kappa shape index (κ3) is 5.50. The molecule has 0 aromatic heterocycles. The van der Waals surface area contributed by atoms with Crippen molar-refractivity contribution in [3.63, 3.8) is 0 Å². The summed E-state index contributed by atoms with van der Waals surface area (Å²) in [6.07, 6.45) is 7.32. The monoisotopic (exact) mass is 227 g/mol. The molecule has 0 aromatic rings. The van der Waals surface area contributed by atoms with E-state index < -0.39 is 0 Å². The van der Waals surface area contributed by atoms with Crippen molar-refractivity contribution in [1.29, 1.82) is 0 Å². The summed E-state index contributed by atoms with van der Waals surface area (Å²) in [5, 5.41) is 3.44. The molecule has 0 radical (unpaired) electrons. The van der Waals surface area contributed by atoms with Gasteiger partial charge in [-0.15, -0.1) is 0 Å². The fourth-order valence-corrected chi connectivity index (χ4v) is 2.30. The molecule has 1 saturated carbocycles. The molecule has 0 bridgehead atoms. The summed E-state index contributed by atoms with van der Waals surface area (Å²) in [6, 6.07) is 0.237. The molecule has 0 aromatic carbocycles. The zero-order valence-corrected chi connectivity index (χ0v) is 10.6. The van der Waals surface area contributed by atoms with Gasteiger partial charge in [0.1, 0.15) is 0 Å². The van der Waals surface area contributed by atoms with Gasteiger partial charge in [-0.1, -0.05) is 19.3 Å². The van der Waals surface area contributed by atoms with E-state index in [2.05, 4.69) is 12.2 Å². The molecule has 1 rings (SSSR count). The molecular weight excluding hydrogens is 202 g/mol. The molecule has 0 amide bonds. The van der Waals surface area contributed by atoms with E-state index in [0.29, 0.717) is 13.0 Å². The van der Waals surface area contributed by atoms with E-state index in [1.165, 1.54) is 32.1 Å². The van der Waals surface area contributed by atoms with Crippen LogP contribution in [-0.4, -0.2) is 25.2 Å². The highest BCUT2D eigenvalue weighted by Crippen LogP contribution is 2.22. The van der Waals surface area contributed by atoms with Crippen LogP contribution in [0.15, 0.2) is 0 Å². The van der Waals surface area contributed by atoms with Crippen LogP contribution in [0.2, 0.25) is 0 Å². The van der Waals surface area contributed by atoms with Gasteiger partial charge in [0, 0.05) is 6.04 Å². The van der Waals surface area contributed by atoms with Gasteiger partial charge in [-0.2, -0.15) is 0 Å². The predicted molar refractivity (Wildman–Crippen MR) is 65.3 cm³/mol. The van der Waals surface area contributed by atoms with Gasteiger partial charge in [-0.05, 0) is 39.2 Å². The van der Waals surface area contributed by atoms with Crippen LogP contribution < -0.4 is 5.32 Å². The molecule has 0 aliphatic heterocycles. The van der Waals surface area contributed by atoms with Gasteiger partial charge in [0.15, 0.2) is 0 Å². The van der Waals surface area contributed by atoms with Crippen LogP contribution in [0.3, 0.4) is 0 Å². The van der Waals surface area contributed by atoms with E-state index in [4.69, 9.17) is 4.74 Å². The normalized spacial score (nSPS) is 19.4. The molecule has 1 N–H and O–H groups in total. The van der Waals surface area contributed by atoms with Crippen molar-refractivity contribution < 1.29 is 9.53 Å². The first-order valence-corrected chi connectivity index (χ1v) is 6.61. The summed E-state index contributed by atoms with van der Waals surface area (Å²) >= 11 is 0. The molecule has 3 heteroatoms. The molecule has 1 unspecified atom stereocenters. The Balaban J connectivity index is 2.08. The summed E-state index contributed by atoms with van der Waals surface area (Å²) in [5.74, 6) is 0.726. The highest BCUT2D eigenvalue weighted by atomic mass is 16.5. The second-order valence-electron chi connectivity index (χ2n) is 4.82. The van der Waals surface area contributed by atoms with Crippen molar-refractivity contribution in [2.45, 2.75) is 58.4 Å². The lowest BCUT2D eigenvalue weighted by molar-refractivity contribution is -0.143. The van der Waals surface area contributed by atoms with Crippen LogP contribution in [0, 0.1) is 5.92 Å². The summed E-state index contributed by atoms with van der Waals surface area (Å²) in [4.78, 5) is 11.2. The first-order chi connectivity index (χ1) is 7.72. The SMILES string of the molecule is CCOC(=O)CC(C)NCC1CCCCC1. The van der Waals surface area contributed by atoms with E-state index in [0.717, 1.165) is 12.5 Å². The lowest BCUT2D eigenvalue weighted by Crippen LogP contribution is -2.34. The van der Waals surface area contributed by atoms with E-state index in [1.807, 2.05) is 6.92 Å². The van der Waals surface area contributed by atoms with Crippen molar-refractivity contribution in [2.75, 3.05) is 13.2 Å². The fourth-order valence-electron chi connectivity index (χ4n) is 2.30. The quantitative estimate of drug-likeness (QED) is 0.709. The lowest BCUT2D eigenvalue weighted by atomic mass is 9.89. The smallest absolute Gasteiger partial charge is 0.307 e. The summed E-state index contributed by atoms with van der Waals surface area (Å²) in [5.41, 5.74) is 0.